The molecule has 11 heteroatoms. The lowest BCUT2D eigenvalue weighted by Crippen LogP contribution is -2.21. The first-order valence-electron chi connectivity index (χ1n) is 9.74. The predicted octanol–water partition coefficient (Wildman–Crippen LogP) is 4.21. The number of aliphatic hydroxyl groups excluding tert-OH is 1. The fourth-order valence-electron chi connectivity index (χ4n) is 3.21. The van der Waals surface area contributed by atoms with E-state index in [0.29, 0.717) is 38.3 Å². The number of halogens is 2. The third kappa shape index (κ3) is 4.42. The van der Waals surface area contributed by atoms with Crippen LogP contribution < -0.4 is 10.1 Å². The highest BCUT2D eigenvalue weighted by Crippen LogP contribution is 2.37. The van der Waals surface area contributed by atoms with Crippen LogP contribution >= 0.6 is 27.5 Å². The van der Waals surface area contributed by atoms with Crippen molar-refractivity contribution in [2.24, 2.45) is 5.92 Å². The van der Waals surface area contributed by atoms with Gasteiger partial charge in [-0.05, 0) is 52.9 Å². The molecule has 31 heavy (non-hydrogen) atoms. The summed E-state index contributed by atoms with van der Waals surface area (Å²) in [5.41, 5.74) is 2.72. The van der Waals surface area contributed by atoms with Crippen LogP contribution in [0.4, 0.5) is 0 Å². The van der Waals surface area contributed by atoms with E-state index in [1.165, 1.54) is 25.3 Å². The minimum Gasteiger partial charge on any atom is -0.437 e. The van der Waals surface area contributed by atoms with E-state index >= 15 is 0 Å². The lowest BCUT2D eigenvalue weighted by atomic mass is 10.2. The smallest absolute Gasteiger partial charge is 0.223 e. The molecule has 1 atom stereocenters. The number of aliphatic hydroxyl groups is 1. The summed E-state index contributed by atoms with van der Waals surface area (Å²) in [6.45, 7) is 1.12. The van der Waals surface area contributed by atoms with E-state index in [4.69, 9.17) is 20.9 Å². The monoisotopic (exact) mass is 504 g/mol. The van der Waals surface area contributed by atoms with Crippen molar-refractivity contribution in [1.82, 2.24) is 30.5 Å². The normalized spacial score (nSPS) is 14.8. The van der Waals surface area contributed by atoms with Crippen LogP contribution in [-0.2, 0) is 13.1 Å². The van der Waals surface area contributed by atoms with E-state index in [1.54, 1.807) is 12.1 Å². The summed E-state index contributed by atoms with van der Waals surface area (Å²) < 4.78 is 13.5. The summed E-state index contributed by atoms with van der Waals surface area (Å²) in [7, 11) is 0. The molecule has 0 bridgehead atoms. The molecule has 1 saturated carbocycles. The first-order chi connectivity index (χ1) is 15.1. The van der Waals surface area contributed by atoms with Crippen molar-refractivity contribution in [2.45, 2.75) is 32.2 Å². The highest BCUT2D eigenvalue weighted by atomic mass is 79.9. The van der Waals surface area contributed by atoms with Crippen LogP contribution in [0.25, 0.3) is 11.0 Å². The second kappa shape index (κ2) is 8.54. The van der Waals surface area contributed by atoms with Crippen molar-refractivity contribution in [1.29, 1.82) is 0 Å². The van der Waals surface area contributed by atoms with Crippen LogP contribution in [0.1, 0.15) is 30.3 Å². The number of hydrogen-bond donors (Lipinski definition) is 2. The molecule has 0 radical (unpaired) electrons. The first-order valence-corrected chi connectivity index (χ1v) is 10.9. The molecular formula is C20H18BrClN6O3. The Labute approximate surface area is 190 Å². The molecule has 1 aliphatic carbocycles. The molecule has 5 rings (SSSR count). The van der Waals surface area contributed by atoms with Crippen molar-refractivity contribution in [3.05, 3.63) is 57.5 Å². The molecule has 160 valence electrons. The minimum absolute atomic E-state index is 0.244. The highest BCUT2D eigenvalue weighted by Gasteiger charge is 2.24. The van der Waals surface area contributed by atoms with Gasteiger partial charge >= 0.3 is 0 Å². The van der Waals surface area contributed by atoms with E-state index in [0.717, 1.165) is 17.6 Å². The molecule has 9 nitrogen and oxygen atoms in total. The van der Waals surface area contributed by atoms with Gasteiger partial charge in [-0.15, -0.1) is 5.10 Å². The van der Waals surface area contributed by atoms with Gasteiger partial charge in [0, 0.05) is 30.9 Å². The molecule has 1 fully saturated rings. The van der Waals surface area contributed by atoms with Crippen molar-refractivity contribution >= 4 is 38.6 Å². The zero-order valence-electron chi connectivity index (χ0n) is 16.2. The van der Waals surface area contributed by atoms with Gasteiger partial charge in [0.2, 0.25) is 5.88 Å². The van der Waals surface area contributed by atoms with E-state index in [-0.39, 0.29) is 6.54 Å². The zero-order chi connectivity index (χ0) is 21.4. The lowest BCUT2D eigenvalue weighted by Gasteiger charge is -2.14. The minimum atomic E-state index is -1.00. The van der Waals surface area contributed by atoms with Crippen molar-refractivity contribution in [3.8, 4) is 11.6 Å². The van der Waals surface area contributed by atoms with Crippen LogP contribution in [0.5, 0.6) is 11.6 Å². The third-order valence-corrected chi connectivity index (χ3v) is 6.01. The average molecular weight is 506 g/mol. The number of rotatable bonds is 8. The van der Waals surface area contributed by atoms with Crippen molar-refractivity contribution in [3.63, 3.8) is 0 Å². The van der Waals surface area contributed by atoms with Gasteiger partial charge in [-0.25, -0.2) is 9.67 Å². The van der Waals surface area contributed by atoms with Gasteiger partial charge < -0.3 is 14.4 Å². The molecule has 0 saturated heterocycles. The van der Waals surface area contributed by atoms with Crippen LogP contribution in [0.3, 0.4) is 0 Å². The quantitative estimate of drug-likeness (QED) is 0.343. The maximum absolute atomic E-state index is 10.2. The van der Waals surface area contributed by atoms with Crippen LogP contribution in [0.15, 0.2) is 45.7 Å². The van der Waals surface area contributed by atoms with Gasteiger partial charge in [0.05, 0.1) is 15.0 Å². The molecule has 3 heterocycles. The fraction of sp³-hybridized carbons (Fsp3) is 0.300. The number of pyridine rings is 1. The van der Waals surface area contributed by atoms with Gasteiger partial charge in [-0.1, -0.05) is 22.0 Å². The molecule has 3 aromatic heterocycles. The number of ether oxygens (including phenoxy) is 1. The van der Waals surface area contributed by atoms with Crippen molar-refractivity contribution in [2.75, 3.05) is 0 Å². The number of fused-ring (bicyclic) bond motifs is 1. The Hall–Kier alpha value is -2.53. The number of nitrogens with zero attached hydrogens (tertiary/aromatic N) is 5. The summed E-state index contributed by atoms with van der Waals surface area (Å²) in [4.78, 5) is 4.32. The van der Waals surface area contributed by atoms with Crippen molar-refractivity contribution < 1.29 is 14.4 Å². The van der Waals surface area contributed by atoms with Crippen LogP contribution in [0.2, 0.25) is 5.02 Å². The first kappa shape index (κ1) is 20.4. The second-order valence-electron chi connectivity index (χ2n) is 7.39. The zero-order valence-corrected chi connectivity index (χ0v) is 18.5. The maximum atomic E-state index is 10.2. The Morgan fingerprint density at radius 2 is 2.23 bits per heavy atom. The molecule has 0 aliphatic heterocycles. The Kier molecular flexibility index (Phi) is 5.61. The molecule has 0 amide bonds. The molecule has 1 aromatic carbocycles. The van der Waals surface area contributed by atoms with E-state index in [9.17, 15) is 5.11 Å². The Bertz CT molecular complexity index is 1210. The fourth-order valence-corrected chi connectivity index (χ4v) is 3.89. The molecule has 1 unspecified atom stereocenters. The average Bonchev–Trinajstić information content (AvgIpc) is 3.24. The Balaban J connectivity index is 1.38. The summed E-state index contributed by atoms with van der Waals surface area (Å²) in [5, 5.41) is 25.9. The van der Waals surface area contributed by atoms with E-state index in [1.807, 2.05) is 16.8 Å². The van der Waals surface area contributed by atoms with E-state index < -0.39 is 6.23 Å². The van der Waals surface area contributed by atoms with Crippen LogP contribution in [-0.4, -0.2) is 30.2 Å². The topological polar surface area (TPSA) is 111 Å². The third-order valence-electron chi connectivity index (χ3n) is 5.04. The molecule has 4 aromatic rings. The van der Waals surface area contributed by atoms with Gasteiger partial charge in [-0.3, -0.25) is 5.32 Å². The molecule has 0 spiro atoms. The predicted molar refractivity (Wildman–Crippen MR) is 116 cm³/mol. The number of nitrogens with one attached hydrogen (secondary N) is 1. The van der Waals surface area contributed by atoms with Gasteiger partial charge in [0.1, 0.15) is 23.2 Å². The Morgan fingerprint density at radius 3 is 3.00 bits per heavy atom. The Morgan fingerprint density at radius 1 is 1.35 bits per heavy atom. The van der Waals surface area contributed by atoms with Gasteiger partial charge in [-0.2, -0.15) is 0 Å². The summed E-state index contributed by atoms with van der Waals surface area (Å²) >= 11 is 9.72. The number of aromatic nitrogens is 5. The molecular weight excluding hydrogens is 488 g/mol. The number of hydrogen-bond acceptors (Lipinski definition) is 8. The number of benzene rings is 1. The molecule has 2 N–H and O–H groups in total. The van der Waals surface area contributed by atoms with E-state index in [2.05, 4.69) is 41.7 Å². The highest BCUT2D eigenvalue weighted by molar-refractivity contribution is 9.10. The second-order valence-corrected chi connectivity index (χ2v) is 8.62. The SMILES string of the molecule is OC(NCc1cc(Cl)cnc1Oc1ccc2c(nnn2CC2CC2)c1Br)c1ccon1. The largest absolute Gasteiger partial charge is 0.437 e. The van der Waals surface area contributed by atoms with Gasteiger partial charge in [0.15, 0.2) is 6.23 Å². The molecule has 1 aliphatic rings. The van der Waals surface area contributed by atoms with Crippen LogP contribution in [0, 0.1) is 5.92 Å². The summed E-state index contributed by atoms with van der Waals surface area (Å²) in [6.07, 6.45) is 4.38. The van der Waals surface area contributed by atoms with Gasteiger partial charge in [0.25, 0.3) is 0 Å². The lowest BCUT2D eigenvalue weighted by molar-refractivity contribution is 0.128. The standard InChI is InChI=1S/C20H18BrClN6O3/c21-17-16(4-3-15-18(17)25-27-28(15)10-11-1-2-11)31-20-12(7-13(22)9-24-20)8-23-19(29)14-5-6-30-26-14/h3-7,9,11,19,23,29H,1-2,8,10H2. The summed E-state index contributed by atoms with van der Waals surface area (Å²) in [6, 6.07) is 7.11. The summed E-state index contributed by atoms with van der Waals surface area (Å²) in [5.74, 6) is 1.61. The maximum Gasteiger partial charge on any atom is 0.223 e.